The number of aliphatic hydroxyl groups excluding tert-OH is 1. The van der Waals surface area contributed by atoms with Gasteiger partial charge in [-0.2, -0.15) is 18.3 Å². The number of alkyl halides is 3. The topological polar surface area (TPSA) is 113 Å². The van der Waals surface area contributed by atoms with Crippen molar-refractivity contribution in [3.8, 4) is 0 Å². The van der Waals surface area contributed by atoms with Crippen LogP contribution in [0.2, 0.25) is 5.02 Å². The van der Waals surface area contributed by atoms with Crippen LogP contribution in [0.15, 0.2) is 47.5 Å². The molecule has 1 aliphatic rings. The predicted octanol–water partition coefficient (Wildman–Crippen LogP) is 4.24. The van der Waals surface area contributed by atoms with Crippen molar-refractivity contribution in [2.75, 3.05) is 6.61 Å². The Hall–Kier alpha value is -3.35. The number of thioether (sulfide) groups is 1. The minimum absolute atomic E-state index is 0.0125. The normalized spacial score (nSPS) is 16.5. The highest BCUT2D eigenvalue weighted by atomic mass is 35.5. The lowest BCUT2D eigenvalue weighted by Crippen LogP contribution is -2.46. The lowest BCUT2D eigenvalue weighted by Gasteiger charge is -2.18. The summed E-state index contributed by atoms with van der Waals surface area (Å²) < 4.78 is 41.7. The lowest BCUT2D eigenvalue weighted by atomic mass is 10.1. The Balaban J connectivity index is 1.62. The minimum atomic E-state index is -4.59. The number of carboxylic acid groups (broad SMARTS) is 1. The largest absolute Gasteiger partial charge is 0.480 e. The molecule has 0 unspecified atom stereocenters. The zero-order chi connectivity index (χ0) is 25.5. The summed E-state index contributed by atoms with van der Waals surface area (Å²) in [5.74, 6) is -2.36. The van der Waals surface area contributed by atoms with E-state index >= 15 is 0 Å². The molecule has 13 heteroatoms. The number of carboxylic acids is 1. The molecular formula is C22H15ClF3N3O5S. The van der Waals surface area contributed by atoms with E-state index in [0.29, 0.717) is 33.1 Å². The van der Waals surface area contributed by atoms with Gasteiger partial charge in [-0.05, 0) is 53.2 Å². The van der Waals surface area contributed by atoms with Gasteiger partial charge in [0, 0.05) is 10.4 Å². The number of aliphatic carboxylic acids is 1. The predicted molar refractivity (Wildman–Crippen MR) is 122 cm³/mol. The van der Waals surface area contributed by atoms with Gasteiger partial charge in [0.05, 0.1) is 35.3 Å². The zero-order valence-corrected chi connectivity index (χ0v) is 19.1. The van der Waals surface area contributed by atoms with E-state index in [1.165, 1.54) is 29.1 Å². The van der Waals surface area contributed by atoms with Crippen molar-refractivity contribution in [3.05, 3.63) is 69.2 Å². The fourth-order valence-corrected chi connectivity index (χ4v) is 4.65. The highest BCUT2D eigenvalue weighted by molar-refractivity contribution is 8.18. The molecule has 1 atom stereocenters. The van der Waals surface area contributed by atoms with Gasteiger partial charge < -0.3 is 10.2 Å². The van der Waals surface area contributed by atoms with E-state index < -0.39 is 41.5 Å². The fraction of sp³-hybridized carbons (Fsp3) is 0.182. The molecule has 3 aromatic rings. The number of carbonyl (C=O) groups excluding carboxylic acids is 2. The summed E-state index contributed by atoms with van der Waals surface area (Å²) in [7, 11) is 0. The first-order valence-electron chi connectivity index (χ1n) is 9.91. The number of amides is 2. The second-order valence-corrected chi connectivity index (χ2v) is 8.94. The molecule has 0 aliphatic carbocycles. The molecule has 0 saturated carbocycles. The van der Waals surface area contributed by atoms with E-state index in [-0.39, 0.29) is 22.0 Å². The van der Waals surface area contributed by atoms with Crippen LogP contribution in [0.5, 0.6) is 0 Å². The van der Waals surface area contributed by atoms with Gasteiger partial charge in [0.25, 0.3) is 11.1 Å². The lowest BCUT2D eigenvalue weighted by molar-refractivity contribution is -0.147. The van der Waals surface area contributed by atoms with Gasteiger partial charge in [-0.3, -0.25) is 19.2 Å². The minimum Gasteiger partial charge on any atom is -0.480 e. The maximum Gasteiger partial charge on any atom is 0.416 e. The smallest absolute Gasteiger partial charge is 0.416 e. The van der Waals surface area contributed by atoms with Crippen LogP contribution in [-0.4, -0.2) is 54.7 Å². The number of hydrogen-bond acceptors (Lipinski definition) is 6. The number of aliphatic hydroxyl groups is 1. The number of hydrogen-bond donors (Lipinski definition) is 2. The van der Waals surface area contributed by atoms with Crippen LogP contribution in [0, 0.1) is 0 Å². The molecule has 2 N–H and O–H groups in total. The van der Waals surface area contributed by atoms with Crippen LogP contribution < -0.4 is 0 Å². The van der Waals surface area contributed by atoms with Gasteiger partial charge in [-0.25, -0.2) is 4.79 Å². The summed E-state index contributed by atoms with van der Waals surface area (Å²) in [6, 6.07) is 6.65. The molecule has 35 heavy (non-hydrogen) atoms. The van der Waals surface area contributed by atoms with Gasteiger partial charge in [0.1, 0.15) is 0 Å². The van der Waals surface area contributed by atoms with Crippen molar-refractivity contribution in [1.82, 2.24) is 14.7 Å². The Kier molecular flexibility index (Phi) is 6.62. The molecular weight excluding hydrogens is 511 g/mol. The second kappa shape index (κ2) is 9.36. The Morgan fingerprint density at radius 3 is 2.60 bits per heavy atom. The summed E-state index contributed by atoms with van der Waals surface area (Å²) in [5, 5.41) is 22.3. The number of fused-ring (bicyclic) bond motifs is 1. The maximum atomic E-state index is 13.4. The third kappa shape index (κ3) is 4.90. The van der Waals surface area contributed by atoms with E-state index in [4.69, 9.17) is 16.7 Å². The molecule has 1 fully saturated rings. The van der Waals surface area contributed by atoms with Crippen LogP contribution in [0.3, 0.4) is 0 Å². The summed E-state index contributed by atoms with van der Waals surface area (Å²) >= 11 is 6.28. The maximum absolute atomic E-state index is 13.4. The number of halogens is 4. The van der Waals surface area contributed by atoms with E-state index in [0.717, 1.165) is 6.07 Å². The van der Waals surface area contributed by atoms with Gasteiger partial charge in [0.15, 0.2) is 6.04 Å². The Morgan fingerprint density at radius 1 is 1.20 bits per heavy atom. The van der Waals surface area contributed by atoms with Crippen LogP contribution >= 0.6 is 23.4 Å². The first-order chi connectivity index (χ1) is 16.5. The zero-order valence-electron chi connectivity index (χ0n) is 17.5. The first-order valence-corrected chi connectivity index (χ1v) is 11.1. The Labute approximate surface area is 204 Å². The first kappa shape index (κ1) is 24.8. The number of nitrogens with zero attached hydrogens (tertiary/aromatic N) is 3. The summed E-state index contributed by atoms with van der Waals surface area (Å²) in [6.45, 7) is -1.08. The monoisotopic (exact) mass is 525 g/mol. The van der Waals surface area contributed by atoms with E-state index in [1.807, 2.05) is 0 Å². The van der Waals surface area contributed by atoms with Crippen LogP contribution in [-0.2, 0) is 22.3 Å². The van der Waals surface area contributed by atoms with Crippen molar-refractivity contribution < 1.29 is 37.8 Å². The molecule has 2 amide bonds. The average Bonchev–Trinajstić information content (AvgIpc) is 3.30. The van der Waals surface area contributed by atoms with Crippen molar-refractivity contribution in [2.45, 2.75) is 18.8 Å². The van der Waals surface area contributed by atoms with Gasteiger partial charge in [0.2, 0.25) is 0 Å². The third-order valence-electron chi connectivity index (χ3n) is 5.25. The Bertz CT molecular complexity index is 1390. The van der Waals surface area contributed by atoms with Crippen LogP contribution in [0.25, 0.3) is 17.0 Å². The number of carbonyl (C=O) groups is 3. The summed E-state index contributed by atoms with van der Waals surface area (Å²) in [6.07, 6.45) is -1.75. The standard InChI is InChI=1S/C22H15ClF3N3O5S/c23-14-3-2-12(15(7-14)22(24,25)26)9-28-16-4-1-11(5-13(16)8-27-28)6-18-19(31)29(21(34)35-18)17(10-30)20(32)33/h1-8,17,30H,9-10H2,(H,32,33)/b18-6-/t17-/m0/s1. The van der Waals surface area contributed by atoms with E-state index in [2.05, 4.69) is 5.10 Å². The highest BCUT2D eigenvalue weighted by Gasteiger charge is 2.42. The Morgan fingerprint density at radius 2 is 1.94 bits per heavy atom. The second-order valence-electron chi connectivity index (χ2n) is 7.51. The van der Waals surface area contributed by atoms with E-state index in [1.54, 1.807) is 18.2 Å². The van der Waals surface area contributed by atoms with Crippen LogP contribution in [0.4, 0.5) is 18.0 Å². The number of aromatic nitrogens is 2. The molecule has 182 valence electrons. The summed E-state index contributed by atoms with van der Waals surface area (Å²) in [4.78, 5) is 36.4. The average molecular weight is 526 g/mol. The van der Waals surface area contributed by atoms with Gasteiger partial charge >= 0.3 is 12.1 Å². The molecule has 4 rings (SSSR count). The SMILES string of the molecule is O=C(O)[C@H](CO)N1C(=O)S/C(=C\c2ccc3c(cnn3Cc3ccc(Cl)cc3C(F)(F)F)c2)C1=O. The number of benzene rings is 2. The molecule has 1 aromatic heterocycles. The molecule has 1 aliphatic heterocycles. The van der Waals surface area contributed by atoms with Gasteiger partial charge in [-0.15, -0.1) is 0 Å². The molecule has 1 saturated heterocycles. The molecule has 0 spiro atoms. The van der Waals surface area contributed by atoms with Crippen molar-refractivity contribution >= 4 is 57.5 Å². The number of rotatable bonds is 6. The van der Waals surface area contributed by atoms with Crippen molar-refractivity contribution in [1.29, 1.82) is 0 Å². The van der Waals surface area contributed by atoms with Gasteiger partial charge in [-0.1, -0.05) is 23.7 Å². The van der Waals surface area contributed by atoms with Crippen LogP contribution in [0.1, 0.15) is 16.7 Å². The molecule has 0 bridgehead atoms. The van der Waals surface area contributed by atoms with Crippen molar-refractivity contribution in [2.24, 2.45) is 0 Å². The molecule has 2 heterocycles. The third-order valence-corrected chi connectivity index (χ3v) is 6.37. The quantitative estimate of drug-likeness (QED) is 0.463. The number of imide groups is 1. The fourth-order valence-electron chi connectivity index (χ4n) is 3.60. The molecule has 8 nitrogen and oxygen atoms in total. The van der Waals surface area contributed by atoms with Crippen molar-refractivity contribution in [3.63, 3.8) is 0 Å². The molecule has 0 radical (unpaired) electrons. The summed E-state index contributed by atoms with van der Waals surface area (Å²) in [5.41, 5.74) is 0.149. The highest BCUT2D eigenvalue weighted by Crippen LogP contribution is 2.36. The van der Waals surface area contributed by atoms with E-state index in [9.17, 15) is 32.7 Å². The molecule has 2 aromatic carbocycles.